The molecule has 1 rings (SSSR count). The van der Waals surface area contributed by atoms with Gasteiger partial charge in [-0.05, 0) is 12.1 Å². The molecule has 1 aromatic carbocycles. The van der Waals surface area contributed by atoms with Crippen molar-refractivity contribution in [2.75, 3.05) is 20.8 Å². The van der Waals surface area contributed by atoms with Gasteiger partial charge in [0.25, 0.3) is 5.91 Å². The number of rotatable bonds is 5. The zero-order chi connectivity index (χ0) is 13.5. The Morgan fingerprint density at radius 2 is 2.00 bits per heavy atom. The van der Waals surface area contributed by atoms with Crippen molar-refractivity contribution in [3.05, 3.63) is 35.6 Å². The average Bonchev–Trinajstić information content (AvgIpc) is 2.37. The van der Waals surface area contributed by atoms with E-state index in [1.54, 1.807) is 0 Å². The maximum absolute atomic E-state index is 13.4. The summed E-state index contributed by atoms with van der Waals surface area (Å²) in [6, 6.07) is 4.53. The molecule has 1 amide bonds. The molecule has 0 saturated carbocycles. The third-order valence-corrected chi connectivity index (χ3v) is 2.24. The van der Waals surface area contributed by atoms with Crippen LogP contribution in [-0.2, 0) is 14.3 Å². The van der Waals surface area contributed by atoms with Crippen LogP contribution in [0.15, 0.2) is 24.3 Å². The summed E-state index contributed by atoms with van der Waals surface area (Å²) in [7, 11) is 2.57. The summed E-state index contributed by atoms with van der Waals surface area (Å²) < 4.78 is 22.6. The molecule has 0 radical (unpaired) electrons. The number of hydrogen-bond donors (Lipinski definition) is 1. The SMILES string of the molecule is COCC(NC(=O)c1ccccc1F)C(=O)OC. The van der Waals surface area contributed by atoms with E-state index in [9.17, 15) is 14.0 Å². The Kier molecular flexibility index (Phi) is 5.26. The number of methoxy groups -OCH3 is 2. The maximum atomic E-state index is 13.4. The van der Waals surface area contributed by atoms with Gasteiger partial charge < -0.3 is 14.8 Å². The molecule has 0 aliphatic heterocycles. The largest absolute Gasteiger partial charge is 0.467 e. The molecule has 0 aliphatic rings. The molecule has 0 fully saturated rings. The third kappa shape index (κ3) is 3.53. The van der Waals surface area contributed by atoms with Gasteiger partial charge in [-0.2, -0.15) is 0 Å². The van der Waals surface area contributed by atoms with E-state index in [1.807, 2.05) is 0 Å². The predicted octanol–water partition coefficient (Wildman–Crippen LogP) is 0.744. The molecule has 18 heavy (non-hydrogen) atoms. The van der Waals surface area contributed by atoms with Crippen LogP contribution in [0.1, 0.15) is 10.4 Å². The normalized spacial score (nSPS) is 11.7. The summed E-state index contributed by atoms with van der Waals surface area (Å²) in [6.07, 6.45) is 0. The molecule has 0 aromatic heterocycles. The van der Waals surface area contributed by atoms with Crippen LogP contribution in [0.2, 0.25) is 0 Å². The summed E-state index contributed by atoms with van der Waals surface area (Å²) in [4.78, 5) is 23.1. The number of carbonyl (C=O) groups is 2. The molecule has 0 saturated heterocycles. The minimum atomic E-state index is -0.966. The lowest BCUT2D eigenvalue weighted by atomic mass is 10.2. The molecule has 1 unspecified atom stereocenters. The van der Waals surface area contributed by atoms with Crippen molar-refractivity contribution in [3.63, 3.8) is 0 Å². The first-order valence-corrected chi connectivity index (χ1v) is 5.22. The van der Waals surface area contributed by atoms with Crippen LogP contribution < -0.4 is 5.32 Å². The highest BCUT2D eigenvalue weighted by Gasteiger charge is 2.23. The topological polar surface area (TPSA) is 64.6 Å². The molecule has 98 valence electrons. The molecule has 1 N–H and O–H groups in total. The van der Waals surface area contributed by atoms with Gasteiger partial charge in [0.05, 0.1) is 19.3 Å². The van der Waals surface area contributed by atoms with Crippen molar-refractivity contribution in [2.24, 2.45) is 0 Å². The van der Waals surface area contributed by atoms with Crippen molar-refractivity contribution >= 4 is 11.9 Å². The second-order valence-electron chi connectivity index (χ2n) is 3.48. The predicted molar refractivity (Wildman–Crippen MR) is 61.5 cm³/mol. The highest BCUT2D eigenvalue weighted by molar-refractivity contribution is 5.97. The lowest BCUT2D eigenvalue weighted by molar-refractivity contribution is -0.144. The van der Waals surface area contributed by atoms with Crippen molar-refractivity contribution in [3.8, 4) is 0 Å². The number of hydrogen-bond acceptors (Lipinski definition) is 4. The fourth-order valence-corrected chi connectivity index (χ4v) is 1.36. The van der Waals surface area contributed by atoms with Gasteiger partial charge in [-0.15, -0.1) is 0 Å². The zero-order valence-electron chi connectivity index (χ0n) is 10.1. The minimum Gasteiger partial charge on any atom is -0.467 e. The summed E-state index contributed by atoms with van der Waals surface area (Å²) in [6.45, 7) is -0.0487. The fraction of sp³-hybridized carbons (Fsp3) is 0.333. The van der Waals surface area contributed by atoms with Crippen LogP contribution in [0.25, 0.3) is 0 Å². The van der Waals surface area contributed by atoms with Crippen molar-refractivity contribution in [2.45, 2.75) is 6.04 Å². The van der Waals surface area contributed by atoms with E-state index in [2.05, 4.69) is 10.1 Å². The molecular weight excluding hydrogens is 241 g/mol. The number of nitrogens with one attached hydrogen (secondary N) is 1. The lowest BCUT2D eigenvalue weighted by Gasteiger charge is -2.15. The minimum absolute atomic E-state index is 0.0487. The molecular formula is C12H14FNO4. The number of halogens is 1. The van der Waals surface area contributed by atoms with Crippen molar-refractivity contribution < 1.29 is 23.5 Å². The van der Waals surface area contributed by atoms with Gasteiger partial charge in [-0.25, -0.2) is 9.18 Å². The summed E-state index contributed by atoms with van der Waals surface area (Å²) in [5.74, 6) is -2.00. The first kappa shape index (κ1) is 14.1. The monoisotopic (exact) mass is 255 g/mol. The van der Waals surface area contributed by atoms with E-state index in [0.29, 0.717) is 0 Å². The molecule has 0 bridgehead atoms. The number of benzene rings is 1. The fourth-order valence-electron chi connectivity index (χ4n) is 1.36. The van der Waals surface area contributed by atoms with E-state index in [1.165, 1.54) is 38.5 Å². The van der Waals surface area contributed by atoms with Gasteiger partial charge in [0.1, 0.15) is 5.82 Å². The van der Waals surface area contributed by atoms with E-state index in [-0.39, 0.29) is 12.2 Å². The number of ether oxygens (including phenoxy) is 2. The van der Waals surface area contributed by atoms with E-state index in [0.717, 1.165) is 0 Å². The van der Waals surface area contributed by atoms with Crippen LogP contribution in [0.3, 0.4) is 0 Å². The smallest absolute Gasteiger partial charge is 0.330 e. The summed E-state index contributed by atoms with van der Waals surface area (Å²) in [5.41, 5.74) is -0.137. The van der Waals surface area contributed by atoms with Gasteiger partial charge in [0.15, 0.2) is 6.04 Å². The Morgan fingerprint density at radius 1 is 1.33 bits per heavy atom. The van der Waals surface area contributed by atoms with Crippen molar-refractivity contribution in [1.82, 2.24) is 5.32 Å². The first-order chi connectivity index (χ1) is 8.60. The van der Waals surface area contributed by atoms with E-state index in [4.69, 9.17) is 4.74 Å². The Bertz CT molecular complexity index is 436. The van der Waals surface area contributed by atoms with Crippen LogP contribution in [-0.4, -0.2) is 38.7 Å². The Labute approximate surface area is 104 Å². The number of amides is 1. The second kappa shape index (κ2) is 6.70. The Balaban J connectivity index is 2.79. The number of esters is 1. The van der Waals surface area contributed by atoms with Crippen LogP contribution in [0.4, 0.5) is 4.39 Å². The Morgan fingerprint density at radius 3 is 2.56 bits per heavy atom. The molecule has 6 heteroatoms. The lowest BCUT2D eigenvalue weighted by Crippen LogP contribution is -2.44. The molecule has 0 spiro atoms. The molecule has 0 aliphatic carbocycles. The van der Waals surface area contributed by atoms with Crippen LogP contribution in [0.5, 0.6) is 0 Å². The zero-order valence-corrected chi connectivity index (χ0v) is 10.1. The Hall–Kier alpha value is -1.95. The van der Waals surface area contributed by atoms with Gasteiger partial charge in [0, 0.05) is 7.11 Å². The van der Waals surface area contributed by atoms with E-state index >= 15 is 0 Å². The van der Waals surface area contributed by atoms with Gasteiger partial charge in [-0.1, -0.05) is 12.1 Å². The van der Waals surface area contributed by atoms with Crippen LogP contribution in [0, 0.1) is 5.82 Å². The summed E-state index contributed by atoms with van der Waals surface area (Å²) >= 11 is 0. The van der Waals surface area contributed by atoms with Gasteiger partial charge >= 0.3 is 5.97 Å². The highest BCUT2D eigenvalue weighted by atomic mass is 19.1. The van der Waals surface area contributed by atoms with Crippen LogP contribution >= 0.6 is 0 Å². The molecule has 1 atom stereocenters. The van der Waals surface area contributed by atoms with Crippen molar-refractivity contribution in [1.29, 1.82) is 0 Å². The maximum Gasteiger partial charge on any atom is 0.330 e. The molecule has 1 aromatic rings. The third-order valence-electron chi connectivity index (χ3n) is 2.24. The molecule has 0 heterocycles. The molecule has 5 nitrogen and oxygen atoms in total. The second-order valence-corrected chi connectivity index (χ2v) is 3.48. The van der Waals surface area contributed by atoms with E-state index < -0.39 is 23.7 Å². The standard InChI is InChI=1S/C12H14FNO4/c1-17-7-10(12(16)18-2)14-11(15)8-5-3-4-6-9(8)13/h3-6,10H,7H2,1-2H3,(H,14,15). The average molecular weight is 255 g/mol. The first-order valence-electron chi connectivity index (χ1n) is 5.22. The highest BCUT2D eigenvalue weighted by Crippen LogP contribution is 2.06. The van der Waals surface area contributed by atoms with Gasteiger partial charge in [0.2, 0.25) is 0 Å². The van der Waals surface area contributed by atoms with Gasteiger partial charge in [-0.3, -0.25) is 4.79 Å². The number of carbonyl (C=O) groups excluding carboxylic acids is 2. The summed E-state index contributed by atoms with van der Waals surface area (Å²) in [5, 5.41) is 2.35. The quantitative estimate of drug-likeness (QED) is 0.788.